The van der Waals surface area contributed by atoms with E-state index < -0.39 is 5.60 Å². The molecule has 3 nitrogen and oxygen atoms in total. The summed E-state index contributed by atoms with van der Waals surface area (Å²) in [6.45, 7) is 2.80. The van der Waals surface area contributed by atoms with Crippen LogP contribution in [0.2, 0.25) is 0 Å². The van der Waals surface area contributed by atoms with Crippen molar-refractivity contribution >= 4 is 15.9 Å². The van der Waals surface area contributed by atoms with E-state index in [9.17, 15) is 5.11 Å². The Morgan fingerprint density at radius 3 is 2.52 bits per heavy atom. The maximum absolute atomic E-state index is 10.7. The van der Waals surface area contributed by atoms with Crippen molar-refractivity contribution in [3.05, 3.63) is 28.2 Å². The minimum Gasteiger partial charge on any atom is -0.496 e. The number of rotatable bonds is 5. The van der Waals surface area contributed by atoms with Crippen LogP contribution in [0.1, 0.15) is 57.1 Å². The molecule has 118 valence electrons. The van der Waals surface area contributed by atoms with Crippen LogP contribution in [-0.4, -0.2) is 24.4 Å². The molecule has 4 heteroatoms. The van der Waals surface area contributed by atoms with Crippen molar-refractivity contribution in [1.82, 2.24) is 5.32 Å². The van der Waals surface area contributed by atoms with E-state index in [0.29, 0.717) is 6.54 Å². The zero-order valence-corrected chi connectivity index (χ0v) is 14.6. The van der Waals surface area contributed by atoms with Gasteiger partial charge in [-0.1, -0.05) is 31.7 Å². The quantitative estimate of drug-likeness (QED) is 0.778. The number of nitrogens with one attached hydrogen (secondary N) is 1. The molecule has 1 aromatic carbocycles. The summed E-state index contributed by atoms with van der Waals surface area (Å²) in [5, 5.41) is 14.2. The molecule has 2 rings (SSSR count). The van der Waals surface area contributed by atoms with Gasteiger partial charge in [0.15, 0.2) is 0 Å². The van der Waals surface area contributed by atoms with Gasteiger partial charge in [0, 0.05) is 12.6 Å². The van der Waals surface area contributed by atoms with Gasteiger partial charge in [-0.2, -0.15) is 0 Å². The summed E-state index contributed by atoms with van der Waals surface area (Å²) in [7, 11) is 1.67. The fourth-order valence-corrected chi connectivity index (χ4v) is 3.53. The van der Waals surface area contributed by atoms with Crippen LogP contribution < -0.4 is 10.1 Å². The fourth-order valence-electron chi connectivity index (χ4n) is 2.98. The van der Waals surface area contributed by atoms with Gasteiger partial charge in [0.05, 0.1) is 17.2 Å². The molecule has 0 radical (unpaired) electrons. The molecule has 1 aromatic rings. The summed E-state index contributed by atoms with van der Waals surface area (Å²) in [5.74, 6) is 0.841. The van der Waals surface area contributed by atoms with E-state index >= 15 is 0 Å². The third-order valence-corrected chi connectivity index (χ3v) is 5.07. The monoisotopic (exact) mass is 355 g/mol. The fraction of sp³-hybridized carbons (Fsp3) is 0.647. The molecular weight excluding hydrogens is 330 g/mol. The predicted molar refractivity (Wildman–Crippen MR) is 89.8 cm³/mol. The zero-order chi connectivity index (χ0) is 15.3. The smallest absolute Gasteiger partial charge is 0.133 e. The van der Waals surface area contributed by atoms with E-state index in [2.05, 4.69) is 40.3 Å². The maximum atomic E-state index is 10.7. The third-order valence-electron chi connectivity index (χ3n) is 4.45. The Balaban J connectivity index is 1.94. The van der Waals surface area contributed by atoms with Crippen LogP contribution in [0.5, 0.6) is 5.75 Å². The van der Waals surface area contributed by atoms with Crippen molar-refractivity contribution in [3.8, 4) is 5.75 Å². The second-order valence-electron chi connectivity index (χ2n) is 6.14. The number of ether oxygens (including phenoxy) is 1. The Bertz CT molecular complexity index is 456. The number of hydrogen-bond donors (Lipinski definition) is 2. The molecule has 2 N–H and O–H groups in total. The molecule has 1 unspecified atom stereocenters. The first-order valence-corrected chi connectivity index (χ1v) is 8.62. The second kappa shape index (κ2) is 7.61. The van der Waals surface area contributed by atoms with Crippen LogP contribution in [0.15, 0.2) is 22.7 Å². The predicted octanol–water partition coefficient (Wildman–Crippen LogP) is 4.19. The minimum absolute atomic E-state index is 0.208. The van der Waals surface area contributed by atoms with E-state index in [0.717, 1.165) is 35.9 Å². The Morgan fingerprint density at radius 1 is 1.29 bits per heavy atom. The van der Waals surface area contributed by atoms with Gasteiger partial charge < -0.3 is 15.2 Å². The lowest BCUT2D eigenvalue weighted by Crippen LogP contribution is -2.41. The van der Waals surface area contributed by atoms with Crippen molar-refractivity contribution in [2.45, 2.75) is 57.1 Å². The Morgan fingerprint density at radius 2 is 1.95 bits per heavy atom. The molecule has 1 aliphatic rings. The number of benzene rings is 1. The first-order valence-electron chi connectivity index (χ1n) is 7.83. The van der Waals surface area contributed by atoms with Crippen molar-refractivity contribution in [2.75, 3.05) is 13.7 Å². The molecule has 0 aromatic heterocycles. The van der Waals surface area contributed by atoms with Gasteiger partial charge in [0.1, 0.15) is 5.75 Å². The lowest BCUT2D eigenvalue weighted by molar-refractivity contribution is 0.0231. The van der Waals surface area contributed by atoms with Gasteiger partial charge >= 0.3 is 0 Å². The molecular formula is C17H26BrNO2. The third kappa shape index (κ3) is 4.70. The normalized spacial score (nSPS) is 19.8. The summed E-state index contributed by atoms with van der Waals surface area (Å²) in [6.07, 6.45) is 6.62. The highest BCUT2D eigenvalue weighted by atomic mass is 79.9. The summed E-state index contributed by atoms with van der Waals surface area (Å²) in [6, 6.07) is 6.32. The Hall–Kier alpha value is -0.580. The highest BCUT2D eigenvalue weighted by molar-refractivity contribution is 9.10. The van der Waals surface area contributed by atoms with Crippen LogP contribution in [0.25, 0.3) is 0 Å². The van der Waals surface area contributed by atoms with Crippen molar-refractivity contribution < 1.29 is 9.84 Å². The molecule has 0 saturated heterocycles. The van der Waals surface area contributed by atoms with Crippen LogP contribution >= 0.6 is 15.9 Å². The number of aliphatic hydroxyl groups is 1. The molecule has 1 aliphatic carbocycles. The maximum Gasteiger partial charge on any atom is 0.133 e. The lowest BCUT2D eigenvalue weighted by Gasteiger charge is -2.29. The summed E-state index contributed by atoms with van der Waals surface area (Å²) >= 11 is 3.52. The van der Waals surface area contributed by atoms with Crippen LogP contribution in [0, 0.1) is 0 Å². The molecule has 1 atom stereocenters. The van der Waals surface area contributed by atoms with Gasteiger partial charge in [-0.3, -0.25) is 0 Å². The van der Waals surface area contributed by atoms with E-state index in [1.807, 2.05) is 6.07 Å². The highest BCUT2D eigenvalue weighted by Crippen LogP contribution is 2.29. The molecule has 1 fully saturated rings. The van der Waals surface area contributed by atoms with Crippen molar-refractivity contribution in [2.24, 2.45) is 0 Å². The number of methoxy groups -OCH3 is 1. The van der Waals surface area contributed by atoms with Gasteiger partial charge in [-0.05, 0) is 53.4 Å². The van der Waals surface area contributed by atoms with Crippen LogP contribution in [0.4, 0.5) is 0 Å². The highest BCUT2D eigenvalue weighted by Gasteiger charge is 2.28. The van der Waals surface area contributed by atoms with Gasteiger partial charge in [0.25, 0.3) is 0 Å². The first-order chi connectivity index (χ1) is 10.0. The molecule has 0 amide bonds. The average Bonchev–Trinajstić information content (AvgIpc) is 2.70. The molecule has 0 bridgehead atoms. The number of halogens is 1. The van der Waals surface area contributed by atoms with Crippen LogP contribution in [0.3, 0.4) is 0 Å². The molecule has 21 heavy (non-hydrogen) atoms. The topological polar surface area (TPSA) is 41.5 Å². The lowest BCUT2D eigenvalue weighted by atomic mass is 9.94. The summed E-state index contributed by atoms with van der Waals surface area (Å²) in [4.78, 5) is 0. The van der Waals surface area contributed by atoms with Gasteiger partial charge in [-0.25, -0.2) is 0 Å². The van der Waals surface area contributed by atoms with Crippen molar-refractivity contribution in [1.29, 1.82) is 0 Å². The van der Waals surface area contributed by atoms with E-state index in [1.54, 1.807) is 7.11 Å². The summed E-state index contributed by atoms with van der Waals surface area (Å²) in [5.41, 5.74) is 0.661. The minimum atomic E-state index is -0.533. The SMILES string of the molecule is COc1ccc(C(C)NCC2(O)CCCCCC2)cc1Br. The van der Waals surface area contributed by atoms with Crippen molar-refractivity contribution in [3.63, 3.8) is 0 Å². The second-order valence-corrected chi connectivity index (χ2v) is 6.99. The standard InChI is InChI=1S/C17H26BrNO2/c1-13(14-7-8-16(21-2)15(18)11-14)19-12-17(20)9-5-3-4-6-10-17/h7-8,11,13,19-20H,3-6,9-10,12H2,1-2H3. The van der Waals surface area contributed by atoms with Gasteiger partial charge in [-0.15, -0.1) is 0 Å². The van der Waals surface area contributed by atoms with E-state index in [1.165, 1.54) is 18.4 Å². The summed E-state index contributed by atoms with van der Waals surface area (Å²) < 4.78 is 6.22. The Kier molecular flexibility index (Phi) is 6.08. The molecule has 0 heterocycles. The molecule has 0 spiro atoms. The Labute approximate surface area is 136 Å². The van der Waals surface area contributed by atoms with E-state index in [4.69, 9.17) is 4.74 Å². The number of hydrogen-bond acceptors (Lipinski definition) is 3. The average molecular weight is 356 g/mol. The first kappa shape index (κ1) is 16.8. The van der Waals surface area contributed by atoms with Gasteiger partial charge in [0.2, 0.25) is 0 Å². The molecule has 0 aliphatic heterocycles. The zero-order valence-electron chi connectivity index (χ0n) is 13.0. The van der Waals surface area contributed by atoms with Crippen LogP contribution in [-0.2, 0) is 0 Å². The largest absolute Gasteiger partial charge is 0.496 e. The molecule has 1 saturated carbocycles. The van der Waals surface area contributed by atoms with E-state index in [-0.39, 0.29) is 6.04 Å².